The maximum absolute atomic E-state index is 7.35. The number of hydrogen-bond donors (Lipinski definition) is 3. The Morgan fingerprint density at radius 2 is 2.07 bits per heavy atom. The van der Waals surface area contributed by atoms with Gasteiger partial charge in [0.1, 0.15) is 0 Å². The maximum atomic E-state index is 7.35. The zero-order chi connectivity index (χ0) is 11.1. The summed E-state index contributed by atoms with van der Waals surface area (Å²) in [4.78, 5) is 3.95. The minimum absolute atomic E-state index is 0.0511. The SMILES string of the molecule is CCCNN(C(=NC)C(=N)N)N(C)C. The summed E-state index contributed by atoms with van der Waals surface area (Å²) in [7, 11) is 5.33. The molecule has 0 unspecified atom stereocenters. The molecule has 0 bridgehead atoms. The van der Waals surface area contributed by atoms with Crippen LogP contribution < -0.4 is 11.2 Å². The normalized spacial score (nSPS) is 11.9. The largest absolute Gasteiger partial charge is 0.381 e. The van der Waals surface area contributed by atoms with Gasteiger partial charge in [0.25, 0.3) is 0 Å². The van der Waals surface area contributed by atoms with Gasteiger partial charge in [-0.25, -0.2) is 15.6 Å². The average molecular weight is 200 g/mol. The Bertz CT molecular complexity index is 210. The molecule has 0 spiro atoms. The fourth-order valence-corrected chi connectivity index (χ4v) is 0.953. The van der Waals surface area contributed by atoms with E-state index in [1.807, 2.05) is 14.1 Å². The highest BCUT2D eigenvalue weighted by Crippen LogP contribution is 1.91. The first-order chi connectivity index (χ1) is 6.54. The Morgan fingerprint density at radius 3 is 2.36 bits per heavy atom. The third-order valence-electron chi connectivity index (χ3n) is 1.56. The van der Waals surface area contributed by atoms with Crippen molar-refractivity contribution in [3.8, 4) is 0 Å². The second-order valence-electron chi connectivity index (χ2n) is 3.03. The molecule has 0 aromatic rings. The molecular weight excluding hydrogens is 180 g/mol. The van der Waals surface area contributed by atoms with E-state index in [4.69, 9.17) is 11.1 Å². The van der Waals surface area contributed by atoms with Crippen molar-refractivity contribution < 1.29 is 0 Å². The smallest absolute Gasteiger partial charge is 0.196 e. The highest BCUT2D eigenvalue weighted by molar-refractivity contribution is 6.38. The molecule has 82 valence electrons. The van der Waals surface area contributed by atoms with E-state index in [0.29, 0.717) is 5.84 Å². The molecule has 4 N–H and O–H groups in total. The van der Waals surface area contributed by atoms with Crippen molar-refractivity contribution in [2.75, 3.05) is 27.7 Å². The van der Waals surface area contributed by atoms with E-state index in [0.717, 1.165) is 13.0 Å². The van der Waals surface area contributed by atoms with Gasteiger partial charge in [-0.05, 0) is 6.42 Å². The van der Waals surface area contributed by atoms with E-state index in [2.05, 4.69) is 17.3 Å². The van der Waals surface area contributed by atoms with Gasteiger partial charge in [0.2, 0.25) is 0 Å². The zero-order valence-corrected chi connectivity index (χ0v) is 9.33. The van der Waals surface area contributed by atoms with Crippen LogP contribution >= 0.6 is 0 Å². The predicted octanol–water partition coefficient (Wildman–Crippen LogP) is -0.356. The lowest BCUT2D eigenvalue weighted by Gasteiger charge is -2.31. The monoisotopic (exact) mass is 200 g/mol. The van der Waals surface area contributed by atoms with Crippen LogP contribution in [0.2, 0.25) is 0 Å². The number of nitrogens with two attached hydrogens (primary N) is 1. The first kappa shape index (κ1) is 12.9. The fraction of sp³-hybridized carbons (Fsp3) is 0.750. The topological polar surface area (TPSA) is 80.7 Å². The second-order valence-corrected chi connectivity index (χ2v) is 3.03. The van der Waals surface area contributed by atoms with Gasteiger partial charge in [-0.3, -0.25) is 10.4 Å². The van der Waals surface area contributed by atoms with Crippen LogP contribution in [0.15, 0.2) is 4.99 Å². The highest BCUT2D eigenvalue weighted by atomic mass is 15.8. The number of nitrogens with zero attached hydrogens (tertiary/aromatic N) is 3. The summed E-state index contributed by atoms with van der Waals surface area (Å²) in [6.45, 7) is 2.88. The molecule has 0 aliphatic heterocycles. The van der Waals surface area contributed by atoms with Crippen LogP contribution in [-0.2, 0) is 0 Å². The molecule has 0 aliphatic rings. The van der Waals surface area contributed by atoms with Crippen LogP contribution in [0.4, 0.5) is 0 Å². The standard InChI is InChI=1S/C8H20N6/c1-5-6-12-14(13(3)4)8(11-2)7(9)10/h12H,5-6H2,1-4H3,(H3,9,10). The van der Waals surface area contributed by atoms with Gasteiger partial charge in [-0.1, -0.05) is 6.92 Å². The molecule has 0 fully saturated rings. The Kier molecular flexibility index (Phi) is 5.82. The van der Waals surface area contributed by atoms with Crippen molar-refractivity contribution in [3.63, 3.8) is 0 Å². The molecule has 6 nitrogen and oxygen atoms in total. The van der Waals surface area contributed by atoms with Crippen LogP contribution in [0.1, 0.15) is 13.3 Å². The van der Waals surface area contributed by atoms with Gasteiger partial charge in [0.15, 0.2) is 11.7 Å². The molecule has 14 heavy (non-hydrogen) atoms. The van der Waals surface area contributed by atoms with Crippen LogP contribution in [0.5, 0.6) is 0 Å². The third kappa shape index (κ3) is 3.71. The molecule has 0 aromatic carbocycles. The van der Waals surface area contributed by atoms with Crippen molar-refractivity contribution in [3.05, 3.63) is 0 Å². The molecule has 0 saturated carbocycles. The van der Waals surface area contributed by atoms with Crippen molar-refractivity contribution in [2.24, 2.45) is 10.7 Å². The van der Waals surface area contributed by atoms with E-state index in [9.17, 15) is 0 Å². The van der Waals surface area contributed by atoms with Gasteiger partial charge < -0.3 is 5.73 Å². The molecule has 0 radical (unpaired) electrons. The Hall–Kier alpha value is -1.14. The summed E-state index contributed by atoms with van der Waals surface area (Å²) >= 11 is 0. The van der Waals surface area contributed by atoms with E-state index in [1.165, 1.54) is 0 Å². The molecule has 0 saturated heterocycles. The Balaban J connectivity index is 4.54. The Labute approximate surface area is 85.2 Å². The van der Waals surface area contributed by atoms with Crippen molar-refractivity contribution in [1.82, 2.24) is 15.6 Å². The van der Waals surface area contributed by atoms with E-state index >= 15 is 0 Å². The summed E-state index contributed by atoms with van der Waals surface area (Å²) in [6.07, 6.45) is 0.999. The number of aliphatic imine (C=N–C) groups is 1. The summed E-state index contributed by atoms with van der Waals surface area (Å²) in [5.74, 6) is 0.369. The minimum atomic E-state index is -0.0511. The summed E-state index contributed by atoms with van der Waals surface area (Å²) < 4.78 is 0. The number of nitrogens with one attached hydrogen (secondary N) is 2. The summed E-state index contributed by atoms with van der Waals surface area (Å²) in [5.41, 5.74) is 8.51. The van der Waals surface area contributed by atoms with E-state index in [-0.39, 0.29) is 5.84 Å². The van der Waals surface area contributed by atoms with Crippen molar-refractivity contribution in [1.29, 1.82) is 5.41 Å². The predicted molar refractivity (Wildman–Crippen MR) is 59.1 cm³/mol. The molecule has 0 rings (SSSR count). The lowest BCUT2D eigenvalue weighted by Crippen LogP contribution is -2.55. The number of hydrogen-bond acceptors (Lipinski definition) is 4. The summed E-state index contributed by atoms with van der Waals surface area (Å²) in [6, 6.07) is 0. The van der Waals surface area contributed by atoms with Crippen LogP contribution in [-0.4, -0.2) is 49.5 Å². The van der Waals surface area contributed by atoms with Crippen LogP contribution in [0.25, 0.3) is 0 Å². The number of rotatable bonds is 4. The van der Waals surface area contributed by atoms with Gasteiger partial charge in [-0.2, -0.15) is 0 Å². The van der Waals surface area contributed by atoms with Gasteiger partial charge in [0.05, 0.1) is 0 Å². The van der Waals surface area contributed by atoms with Crippen LogP contribution in [0, 0.1) is 5.41 Å². The van der Waals surface area contributed by atoms with Gasteiger partial charge in [-0.15, -0.1) is 0 Å². The highest BCUT2D eigenvalue weighted by Gasteiger charge is 2.14. The fourth-order valence-electron chi connectivity index (χ4n) is 0.953. The summed E-state index contributed by atoms with van der Waals surface area (Å²) in [5, 5.41) is 10.8. The average Bonchev–Trinajstić information content (AvgIpc) is 2.10. The molecule has 0 atom stereocenters. The maximum Gasteiger partial charge on any atom is 0.196 e. The van der Waals surface area contributed by atoms with E-state index < -0.39 is 0 Å². The number of hydrazine groups is 2. The lowest BCUT2D eigenvalue weighted by atomic mass is 10.5. The second kappa shape index (κ2) is 6.33. The molecule has 0 aromatic heterocycles. The Morgan fingerprint density at radius 1 is 1.50 bits per heavy atom. The van der Waals surface area contributed by atoms with Crippen molar-refractivity contribution in [2.45, 2.75) is 13.3 Å². The van der Waals surface area contributed by atoms with Crippen molar-refractivity contribution >= 4 is 11.7 Å². The zero-order valence-electron chi connectivity index (χ0n) is 9.33. The molecule has 0 amide bonds. The first-order valence-corrected chi connectivity index (χ1v) is 4.56. The van der Waals surface area contributed by atoms with Crippen LogP contribution in [0.3, 0.4) is 0 Å². The molecule has 0 heterocycles. The first-order valence-electron chi connectivity index (χ1n) is 4.56. The van der Waals surface area contributed by atoms with E-state index in [1.54, 1.807) is 17.2 Å². The third-order valence-corrected chi connectivity index (χ3v) is 1.56. The molecule has 0 aliphatic carbocycles. The quantitative estimate of drug-likeness (QED) is 0.329. The molecule has 6 heteroatoms. The molecular formula is C8H20N6. The minimum Gasteiger partial charge on any atom is -0.381 e. The number of amidine groups is 2. The lowest BCUT2D eigenvalue weighted by molar-refractivity contribution is 0.0562. The van der Waals surface area contributed by atoms with Gasteiger partial charge >= 0.3 is 0 Å². The van der Waals surface area contributed by atoms with Gasteiger partial charge in [0, 0.05) is 27.7 Å².